The second-order valence-corrected chi connectivity index (χ2v) is 4.13. The Morgan fingerprint density at radius 2 is 1.85 bits per heavy atom. The molecule has 0 aliphatic heterocycles. The average Bonchev–Trinajstić information content (AvgIpc) is 2.13. The van der Waals surface area contributed by atoms with Crippen molar-refractivity contribution in [3.63, 3.8) is 0 Å². The molecule has 0 aromatic rings. The Kier molecular flexibility index (Phi) is 7.29. The zero-order valence-corrected chi connectivity index (χ0v) is 9.55. The molecule has 0 saturated heterocycles. The van der Waals surface area contributed by atoms with Gasteiger partial charge in [0.2, 0.25) is 0 Å². The molecule has 0 aliphatic rings. The lowest BCUT2D eigenvalue weighted by Gasteiger charge is -2.17. The maximum Gasteiger partial charge on any atom is 0.0543 e. The molecule has 0 fully saturated rings. The van der Waals surface area contributed by atoms with Crippen LogP contribution in [0.1, 0.15) is 46.5 Å². The number of methoxy groups -OCH3 is 1. The SMILES string of the molecule is CCC(C)CC(N)CCC(C)OC. The van der Waals surface area contributed by atoms with E-state index in [1.807, 2.05) is 0 Å². The Balaban J connectivity index is 3.45. The van der Waals surface area contributed by atoms with E-state index in [1.54, 1.807) is 7.11 Å². The van der Waals surface area contributed by atoms with Crippen LogP contribution < -0.4 is 5.73 Å². The molecular formula is C11H25NO. The fraction of sp³-hybridized carbons (Fsp3) is 1.00. The lowest BCUT2D eigenvalue weighted by molar-refractivity contribution is 0.106. The van der Waals surface area contributed by atoms with E-state index in [-0.39, 0.29) is 0 Å². The van der Waals surface area contributed by atoms with Gasteiger partial charge in [-0.1, -0.05) is 20.3 Å². The first-order chi connectivity index (χ1) is 6.10. The van der Waals surface area contributed by atoms with Crippen molar-refractivity contribution in [1.82, 2.24) is 0 Å². The highest BCUT2D eigenvalue weighted by molar-refractivity contribution is 4.66. The Labute approximate surface area is 82.8 Å². The number of hydrogen-bond acceptors (Lipinski definition) is 2. The molecule has 0 amide bonds. The van der Waals surface area contributed by atoms with E-state index in [1.165, 1.54) is 6.42 Å². The van der Waals surface area contributed by atoms with Crippen LogP contribution >= 0.6 is 0 Å². The fourth-order valence-corrected chi connectivity index (χ4v) is 1.37. The molecule has 0 spiro atoms. The largest absolute Gasteiger partial charge is 0.382 e. The smallest absolute Gasteiger partial charge is 0.0543 e. The molecule has 13 heavy (non-hydrogen) atoms. The molecule has 2 N–H and O–H groups in total. The van der Waals surface area contributed by atoms with Gasteiger partial charge in [-0.3, -0.25) is 0 Å². The summed E-state index contributed by atoms with van der Waals surface area (Å²) in [5, 5.41) is 0. The highest BCUT2D eigenvalue weighted by atomic mass is 16.5. The van der Waals surface area contributed by atoms with E-state index < -0.39 is 0 Å². The van der Waals surface area contributed by atoms with Crippen LogP contribution in [0.3, 0.4) is 0 Å². The standard InChI is InChI=1S/C11H25NO/c1-5-9(2)8-11(12)7-6-10(3)13-4/h9-11H,5-8,12H2,1-4H3. The van der Waals surface area contributed by atoms with Crippen molar-refractivity contribution in [2.45, 2.75) is 58.6 Å². The highest BCUT2D eigenvalue weighted by Crippen LogP contribution is 2.13. The van der Waals surface area contributed by atoms with Crippen LogP contribution in [0.2, 0.25) is 0 Å². The van der Waals surface area contributed by atoms with Crippen LogP contribution in [0, 0.1) is 5.92 Å². The number of hydrogen-bond donors (Lipinski definition) is 1. The van der Waals surface area contributed by atoms with E-state index in [0.717, 1.165) is 25.2 Å². The molecule has 0 rings (SSSR count). The molecule has 0 saturated carbocycles. The third kappa shape index (κ3) is 7.03. The summed E-state index contributed by atoms with van der Waals surface area (Å²) in [7, 11) is 1.75. The molecule has 0 heterocycles. The zero-order valence-electron chi connectivity index (χ0n) is 9.55. The van der Waals surface area contributed by atoms with Gasteiger partial charge in [-0.2, -0.15) is 0 Å². The minimum atomic E-state index is 0.350. The summed E-state index contributed by atoms with van der Waals surface area (Å²) in [6.45, 7) is 6.57. The predicted octanol–water partition coefficient (Wildman–Crippen LogP) is 2.57. The summed E-state index contributed by atoms with van der Waals surface area (Å²) < 4.78 is 5.18. The van der Waals surface area contributed by atoms with Crippen LogP contribution in [0.25, 0.3) is 0 Å². The van der Waals surface area contributed by atoms with Crippen LogP contribution in [-0.2, 0) is 4.74 Å². The second kappa shape index (κ2) is 7.34. The van der Waals surface area contributed by atoms with Crippen LogP contribution in [-0.4, -0.2) is 19.3 Å². The van der Waals surface area contributed by atoms with Gasteiger partial charge in [-0.15, -0.1) is 0 Å². The van der Waals surface area contributed by atoms with Gasteiger partial charge < -0.3 is 10.5 Å². The number of nitrogens with two attached hydrogens (primary N) is 1. The molecule has 3 atom stereocenters. The number of rotatable bonds is 7. The van der Waals surface area contributed by atoms with Gasteiger partial charge in [0, 0.05) is 13.2 Å². The zero-order chi connectivity index (χ0) is 10.3. The van der Waals surface area contributed by atoms with Crippen molar-refractivity contribution >= 4 is 0 Å². The molecule has 0 bridgehead atoms. The van der Waals surface area contributed by atoms with Crippen molar-refractivity contribution in [3.8, 4) is 0 Å². The quantitative estimate of drug-likeness (QED) is 0.665. The van der Waals surface area contributed by atoms with Crippen LogP contribution in [0.4, 0.5) is 0 Å². The Morgan fingerprint density at radius 3 is 2.31 bits per heavy atom. The van der Waals surface area contributed by atoms with Crippen LogP contribution in [0.15, 0.2) is 0 Å². The van der Waals surface area contributed by atoms with Crippen molar-refractivity contribution in [3.05, 3.63) is 0 Å². The predicted molar refractivity (Wildman–Crippen MR) is 57.8 cm³/mol. The first-order valence-electron chi connectivity index (χ1n) is 5.38. The maximum absolute atomic E-state index is 6.00. The van der Waals surface area contributed by atoms with Gasteiger partial charge in [0.25, 0.3) is 0 Å². The second-order valence-electron chi connectivity index (χ2n) is 4.13. The first kappa shape index (κ1) is 12.9. The summed E-state index contributed by atoms with van der Waals surface area (Å²) in [6, 6.07) is 0.354. The topological polar surface area (TPSA) is 35.2 Å². The van der Waals surface area contributed by atoms with Gasteiger partial charge in [0.1, 0.15) is 0 Å². The minimum Gasteiger partial charge on any atom is -0.382 e. The Bertz CT molecular complexity index is 117. The third-order valence-electron chi connectivity index (χ3n) is 2.75. The average molecular weight is 187 g/mol. The number of ether oxygens (including phenoxy) is 1. The summed E-state index contributed by atoms with van der Waals surface area (Å²) >= 11 is 0. The highest BCUT2D eigenvalue weighted by Gasteiger charge is 2.09. The molecule has 2 nitrogen and oxygen atoms in total. The monoisotopic (exact) mass is 187 g/mol. The molecule has 0 aliphatic carbocycles. The Hall–Kier alpha value is -0.0800. The van der Waals surface area contributed by atoms with Crippen molar-refractivity contribution in [2.24, 2.45) is 11.7 Å². The van der Waals surface area contributed by atoms with Gasteiger partial charge in [0.05, 0.1) is 6.10 Å². The molecular weight excluding hydrogens is 162 g/mol. The Morgan fingerprint density at radius 1 is 1.23 bits per heavy atom. The molecule has 3 unspecified atom stereocenters. The van der Waals surface area contributed by atoms with E-state index in [0.29, 0.717) is 12.1 Å². The van der Waals surface area contributed by atoms with Crippen molar-refractivity contribution in [2.75, 3.05) is 7.11 Å². The van der Waals surface area contributed by atoms with Gasteiger partial charge in [-0.25, -0.2) is 0 Å². The minimum absolute atomic E-state index is 0.350. The lowest BCUT2D eigenvalue weighted by atomic mass is 9.96. The molecule has 0 aromatic heterocycles. The molecule has 2 heteroatoms. The van der Waals surface area contributed by atoms with Gasteiger partial charge in [0.15, 0.2) is 0 Å². The summed E-state index contributed by atoms with van der Waals surface area (Å²) in [5.74, 6) is 0.757. The van der Waals surface area contributed by atoms with E-state index in [2.05, 4.69) is 20.8 Å². The van der Waals surface area contributed by atoms with E-state index in [4.69, 9.17) is 10.5 Å². The van der Waals surface area contributed by atoms with Crippen molar-refractivity contribution in [1.29, 1.82) is 0 Å². The van der Waals surface area contributed by atoms with Crippen LogP contribution in [0.5, 0.6) is 0 Å². The third-order valence-corrected chi connectivity index (χ3v) is 2.75. The fourth-order valence-electron chi connectivity index (χ4n) is 1.37. The lowest BCUT2D eigenvalue weighted by Crippen LogP contribution is -2.24. The summed E-state index contributed by atoms with van der Waals surface area (Å²) in [5.41, 5.74) is 6.00. The summed E-state index contributed by atoms with van der Waals surface area (Å²) in [6.07, 6.45) is 4.89. The maximum atomic E-state index is 6.00. The molecule has 0 aromatic carbocycles. The first-order valence-corrected chi connectivity index (χ1v) is 5.38. The van der Waals surface area contributed by atoms with E-state index in [9.17, 15) is 0 Å². The molecule has 0 radical (unpaired) electrons. The van der Waals surface area contributed by atoms with Gasteiger partial charge in [-0.05, 0) is 32.1 Å². The van der Waals surface area contributed by atoms with Crippen molar-refractivity contribution < 1.29 is 4.74 Å². The van der Waals surface area contributed by atoms with E-state index >= 15 is 0 Å². The molecule has 80 valence electrons. The normalized spacial score (nSPS) is 18.2. The van der Waals surface area contributed by atoms with Gasteiger partial charge >= 0.3 is 0 Å². The summed E-state index contributed by atoms with van der Waals surface area (Å²) in [4.78, 5) is 0.